The Morgan fingerprint density at radius 3 is 2.76 bits per heavy atom. The lowest BCUT2D eigenvalue weighted by molar-refractivity contribution is -0.121. The SMILES string of the molecule is CCCCC(=O)NNC1=NC(C)C(c2ccccc2)=NN1. The fraction of sp³-hybridized carbons (Fsp3) is 0.400. The van der Waals surface area contributed by atoms with E-state index in [2.05, 4.69) is 33.3 Å². The fourth-order valence-electron chi connectivity index (χ4n) is 1.99. The van der Waals surface area contributed by atoms with Crippen molar-refractivity contribution >= 4 is 17.6 Å². The topological polar surface area (TPSA) is 77.9 Å². The standard InChI is InChI=1S/C15H21N5O/c1-3-4-10-13(21)17-19-15-16-11(2)14(18-20-15)12-8-6-5-7-9-12/h5-9,11H,3-4,10H2,1-2H3,(H,17,21)(H2,16,19,20). The summed E-state index contributed by atoms with van der Waals surface area (Å²) in [7, 11) is 0. The number of unbranched alkanes of at least 4 members (excludes halogenated alkanes) is 1. The van der Waals surface area contributed by atoms with Gasteiger partial charge in [0.25, 0.3) is 0 Å². The third-order valence-corrected chi connectivity index (χ3v) is 3.15. The Kier molecular flexibility index (Phi) is 5.31. The van der Waals surface area contributed by atoms with Gasteiger partial charge in [-0.25, -0.2) is 10.4 Å². The molecule has 0 fully saturated rings. The lowest BCUT2D eigenvalue weighted by atomic mass is 10.0. The van der Waals surface area contributed by atoms with Crippen LogP contribution in [-0.2, 0) is 4.79 Å². The molecule has 0 radical (unpaired) electrons. The van der Waals surface area contributed by atoms with Crippen molar-refractivity contribution in [2.24, 2.45) is 10.1 Å². The second kappa shape index (κ2) is 7.42. The van der Waals surface area contributed by atoms with Crippen LogP contribution in [0.3, 0.4) is 0 Å². The minimum Gasteiger partial charge on any atom is -0.273 e. The summed E-state index contributed by atoms with van der Waals surface area (Å²) >= 11 is 0. The Morgan fingerprint density at radius 2 is 2.10 bits per heavy atom. The number of hydrogen-bond acceptors (Lipinski definition) is 5. The van der Waals surface area contributed by atoms with Gasteiger partial charge in [0.15, 0.2) is 0 Å². The van der Waals surface area contributed by atoms with E-state index in [4.69, 9.17) is 0 Å². The van der Waals surface area contributed by atoms with Crippen molar-refractivity contribution in [3.63, 3.8) is 0 Å². The second-order valence-corrected chi connectivity index (χ2v) is 4.91. The van der Waals surface area contributed by atoms with Crippen LogP contribution < -0.4 is 16.3 Å². The molecule has 0 saturated carbocycles. The average molecular weight is 287 g/mol. The van der Waals surface area contributed by atoms with Crippen LogP contribution >= 0.6 is 0 Å². The maximum absolute atomic E-state index is 11.5. The highest BCUT2D eigenvalue weighted by Gasteiger charge is 2.17. The normalized spacial score (nSPS) is 17.3. The van der Waals surface area contributed by atoms with E-state index in [1.807, 2.05) is 37.3 Å². The van der Waals surface area contributed by atoms with E-state index >= 15 is 0 Å². The number of amides is 1. The van der Waals surface area contributed by atoms with E-state index in [0.717, 1.165) is 24.1 Å². The van der Waals surface area contributed by atoms with Gasteiger partial charge in [-0.15, -0.1) is 0 Å². The van der Waals surface area contributed by atoms with E-state index < -0.39 is 0 Å². The number of nitrogens with zero attached hydrogens (tertiary/aromatic N) is 2. The highest BCUT2D eigenvalue weighted by Crippen LogP contribution is 2.09. The molecule has 1 aromatic carbocycles. The van der Waals surface area contributed by atoms with Crippen molar-refractivity contribution < 1.29 is 4.79 Å². The molecule has 1 unspecified atom stereocenters. The van der Waals surface area contributed by atoms with Gasteiger partial charge in [0.05, 0.1) is 11.8 Å². The van der Waals surface area contributed by atoms with Gasteiger partial charge in [0, 0.05) is 6.42 Å². The number of guanidine groups is 1. The lowest BCUT2D eigenvalue weighted by Gasteiger charge is -2.20. The van der Waals surface area contributed by atoms with E-state index in [1.54, 1.807) is 0 Å². The van der Waals surface area contributed by atoms with Crippen LogP contribution in [0.4, 0.5) is 0 Å². The zero-order valence-corrected chi connectivity index (χ0v) is 12.4. The van der Waals surface area contributed by atoms with Crippen LogP contribution in [-0.4, -0.2) is 23.6 Å². The van der Waals surface area contributed by atoms with Crippen molar-refractivity contribution in [3.05, 3.63) is 35.9 Å². The molecule has 112 valence electrons. The molecule has 0 spiro atoms. The minimum absolute atomic E-state index is 0.0492. The van der Waals surface area contributed by atoms with Gasteiger partial charge in [-0.05, 0) is 18.9 Å². The predicted octanol–water partition coefficient (Wildman–Crippen LogP) is 1.55. The number of carbonyl (C=O) groups excluding carboxylic acids is 1. The van der Waals surface area contributed by atoms with Crippen LogP contribution in [0.5, 0.6) is 0 Å². The summed E-state index contributed by atoms with van der Waals surface area (Å²) in [5.41, 5.74) is 10.1. The molecule has 0 aliphatic carbocycles. The third-order valence-electron chi connectivity index (χ3n) is 3.15. The van der Waals surface area contributed by atoms with Gasteiger partial charge < -0.3 is 0 Å². The molecule has 0 saturated heterocycles. The van der Waals surface area contributed by atoms with Gasteiger partial charge in [-0.3, -0.25) is 15.6 Å². The smallest absolute Gasteiger partial charge is 0.238 e. The number of hydrazone groups is 1. The molecular formula is C15H21N5O. The maximum atomic E-state index is 11.5. The van der Waals surface area contributed by atoms with E-state index in [0.29, 0.717) is 12.4 Å². The molecule has 21 heavy (non-hydrogen) atoms. The number of hydrazine groups is 1. The zero-order valence-electron chi connectivity index (χ0n) is 12.4. The monoisotopic (exact) mass is 287 g/mol. The number of hydrogen-bond donors (Lipinski definition) is 3. The summed E-state index contributed by atoms with van der Waals surface area (Å²) in [5.74, 6) is 0.402. The molecule has 1 atom stereocenters. The van der Waals surface area contributed by atoms with Gasteiger partial charge in [-0.2, -0.15) is 5.10 Å². The van der Waals surface area contributed by atoms with Crippen molar-refractivity contribution in [1.29, 1.82) is 0 Å². The number of benzene rings is 1. The molecule has 1 aromatic rings. The van der Waals surface area contributed by atoms with Crippen molar-refractivity contribution in [1.82, 2.24) is 16.3 Å². The van der Waals surface area contributed by atoms with Crippen molar-refractivity contribution in [2.45, 2.75) is 39.2 Å². The molecular weight excluding hydrogens is 266 g/mol. The van der Waals surface area contributed by atoms with Crippen molar-refractivity contribution in [2.75, 3.05) is 0 Å². The zero-order chi connectivity index (χ0) is 15.1. The Morgan fingerprint density at radius 1 is 1.33 bits per heavy atom. The summed E-state index contributed by atoms with van der Waals surface area (Å²) in [6, 6.07) is 9.82. The highest BCUT2D eigenvalue weighted by molar-refractivity contribution is 6.07. The first kappa shape index (κ1) is 15.0. The van der Waals surface area contributed by atoms with Crippen LogP contribution in [0, 0.1) is 0 Å². The van der Waals surface area contributed by atoms with E-state index in [1.165, 1.54) is 0 Å². The third kappa shape index (κ3) is 4.30. The molecule has 0 aromatic heterocycles. The summed E-state index contributed by atoms with van der Waals surface area (Å²) in [6.45, 7) is 4.02. The van der Waals surface area contributed by atoms with E-state index in [-0.39, 0.29) is 11.9 Å². The molecule has 1 aliphatic rings. The van der Waals surface area contributed by atoms with Gasteiger partial charge in [0.1, 0.15) is 0 Å². The Hall–Kier alpha value is -2.37. The highest BCUT2D eigenvalue weighted by atomic mass is 16.2. The second-order valence-electron chi connectivity index (χ2n) is 4.91. The van der Waals surface area contributed by atoms with Crippen molar-refractivity contribution in [3.8, 4) is 0 Å². The predicted molar refractivity (Wildman–Crippen MR) is 83.8 cm³/mol. The first-order valence-corrected chi connectivity index (χ1v) is 7.22. The lowest BCUT2D eigenvalue weighted by Crippen LogP contribution is -2.49. The van der Waals surface area contributed by atoms with Crippen LogP contribution in [0.15, 0.2) is 40.4 Å². The first-order valence-electron chi connectivity index (χ1n) is 7.22. The quantitative estimate of drug-likeness (QED) is 0.735. The molecule has 2 rings (SSSR count). The minimum atomic E-state index is -0.0799. The Labute approximate surface area is 124 Å². The van der Waals surface area contributed by atoms with E-state index in [9.17, 15) is 4.79 Å². The van der Waals surface area contributed by atoms with Crippen LogP contribution in [0.25, 0.3) is 0 Å². The molecule has 1 aliphatic heterocycles. The van der Waals surface area contributed by atoms with Crippen LogP contribution in [0.2, 0.25) is 0 Å². The molecule has 0 bridgehead atoms. The molecule has 6 nitrogen and oxygen atoms in total. The molecule has 1 amide bonds. The number of carbonyl (C=O) groups is 1. The summed E-state index contributed by atoms with van der Waals surface area (Å²) in [5, 5.41) is 4.32. The number of rotatable bonds is 4. The van der Waals surface area contributed by atoms with Crippen LogP contribution in [0.1, 0.15) is 38.7 Å². The maximum Gasteiger partial charge on any atom is 0.238 e. The first-order chi connectivity index (χ1) is 10.2. The van der Waals surface area contributed by atoms with Gasteiger partial charge in [0.2, 0.25) is 11.9 Å². The summed E-state index contributed by atoms with van der Waals surface area (Å²) in [6.07, 6.45) is 2.37. The largest absolute Gasteiger partial charge is 0.273 e. The van der Waals surface area contributed by atoms with Gasteiger partial charge in [-0.1, -0.05) is 43.7 Å². The summed E-state index contributed by atoms with van der Waals surface area (Å²) < 4.78 is 0. The Bertz CT molecular complexity index is 538. The fourth-order valence-corrected chi connectivity index (χ4v) is 1.99. The Balaban J connectivity index is 1.88. The number of aliphatic imine (C=N–C) groups is 1. The van der Waals surface area contributed by atoms with Gasteiger partial charge >= 0.3 is 0 Å². The average Bonchev–Trinajstić information content (AvgIpc) is 2.52. The molecule has 3 N–H and O–H groups in total. The molecule has 1 heterocycles. The summed E-state index contributed by atoms with van der Waals surface area (Å²) in [4.78, 5) is 16.0. The molecule has 6 heteroatoms. The number of nitrogens with one attached hydrogen (secondary N) is 3.